The van der Waals surface area contributed by atoms with Gasteiger partial charge in [0.15, 0.2) is 0 Å². The molecule has 2 nitrogen and oxygen atoms in total. The summed E-state index contributed by atoms with van der Waals surface area (Å²) in [6.45, 7) is 4.14. The highest BCUT2D eigenvalue weighted by molar-refractivity contribution is 4.90. The van der Waals surface area contributed by atoms with E-state index in [2.05, 4.69) is 13.8 Å². The summed E-state index contributed by atoms with van der Waals surface area (Å²) in [5, 5.41) is 10.0. The molecule has 1 fully saturated rings. The van der Waals surface area contributed by atoms with E-state index < -0.39 is 5.60 Å². The molecule has 0 heterocycles. The molecule has 0 aromatic carbocycles. The summed E-state index contributed by atoms with van der Waals surface area (Å²) in [5.41, 5.74) is 5.31. The normalized spacial score (nSPS) is 39.5. The molecule has 0 unspecified atom stereocenters. The first kappa shape index (κ1) is 9.01. The molecular weight excluding hydrogens is 138 g/mol. The molecule has 0 amide bonds. The monoisotopic (exact) mass is 157 g/mol. The van der Waals surface area contributed by atoms with Gasteiger partial charge in [-0.15, -0.1) is 0 Å². The van der Waals surface area contributed by atoms with Crippen molar-refractivity contribution in [1.29, 1.82) is 0 Å². The predicted octanol–water partition coefficient (Wildman–Crippen LogP) is 1.27. The van der Waals surface area contributed by atoms with E-state index in [-0.39, 0.29) is 6.04 Å². The molecule has 0 radical (unpaired) electrons. The topological polar surface area (TPSA) is 46.2 Å². The maximum absolute atomic E-state index is 10.0. The zero-order valence-electron chi connectivity index (χ0n) is 7.51. The smallest absolute Gasteiger partial charge is 0.0685 e. The van der Waals surface area contributed by atoms with Gasteiger partial charge in [-0.1, -0.05) is 13.8 Å². The molecule has 1 aliphatic rings. The van der Waals surface area contributed by atoms with Crippen molar-refractivity contribution in [3.8, 4) is 0 Å². The third-order valence-electron chi connectivity index (χ3n) is 2.87. The zero-order valence-corrected chi connectivity index (χ0v) is 7.51. The first-order chi connectivity index (χ1) is 5.04. The van der Waals surface area contributed by atoms with Crippen LogP contribution in [-0.2, 0) is 0 Å². The number of aliphatic hydroxyl groups is 1. The molecule has 1 rings (SSSR count). The van der Waals surface area contributed by atoms with Crippen molar-refractivity contribution in [3.05, 3.63) is 0 Å². The molecule has 0 aliphatic heterocycles. The minimum atomic E-state index is -0.475. The van der Waals surface area contributed by atoms with Crippen LogP contribution in [0.2, 0.25) is 0 Å². The summed E-state index contributed by atoms with van der Waals surface area (Å²) < 4.78 is 0. The standard InChI is InChI=1S/C9H19NO/c1-7(2)9(11)5-3-4-8(10)6-9/h7-8,11H,3-6,10H2,1-2H3/t8-,9+/m1/s1. The Morgan fingerprint density at radius 3 is 2.55 bits per heavy atom. The lowest BCUT2D eigenvalue weighted by Crippen LogP contribution is -2.44. The maximum atomic E-state index is 10.0. The molecule has 11 heavy (non-hydrogen) atoms. The third kappa shape index (κ3) is 1.94. The lowest BCUT2D eigenvalue weighted by Gasteiger charge is -2.38. The maximum Gasteiger partial charge on any atom is 0.0685 e. The summed E-state index contributed by atoms with van der Waals surface area (Å²) in [6, 6.07) is 0.219. The predicted molar refractivity (Wildman–Crippen MR) is 46.2 cm³/mol. The molecule has 2 heteroatoms. The minimum Gasteiger partial charge on any atom is -0.390 e. The van der Waals surface area contributed by atoms with Crippen LogP contribution in [0.15, 0.2) is 0 Å². The van der Waals surface area contributed by atoms with Crippen LogP contribution in [0, 0.1) is 5.92 Å². The minimum absolute atomic E-state index is 0.219. The fourth-order valence-electron chi connectivity index (χ4n) is 1.85. The van der Waals surface area contributed by atoms with E-state index in [0.717, 1.165) is 25.7 Å². The van der Waals surface area contributed by atoms with E-state index in [0.29, 0.717) is 5.92 Å². The van der Waals surface area contributed by atoms with Gasteiger partial charge in [0.1, 0.15) is 0 Å². The summed E-state index contributed by atoms with van der Waals surface area (Å²) in [4.78, 5) is 0. The quantitative estimate of drug-likeness (QED) is 0.602. The Labute approximate surface area is 68.8 Å². The molecule has 1 saturated carbocycles. The molecule has 1 aliphatic carbocycles. The van der Waals surface area contributed by atoms with Crippen molar-refractivity contribution in [2.24, 2.45) is 11.7 Å². The first-order valence-corrected chi connectivity index (χ1v) is 4.52. The van der Waals surface area contributed by atoms with Crippen LogP contribution in [0.25, 0.3) is 0 Å². The van der Waals surface area contributed by atoms with Gasteiger partial charge in [-0.3, -0.25) is 0 Å². The zero-order chi connectivity index (χ0) is 8.48. The molecule has 2 atom stereocenters. The van der Waals surface area contributed by atoms with Crippen LogP contribution in [-0.4, -0.2) is 16.7 Å². The molecule has 0 aromatic heterocycles. The van der Waals surface area contributed by atoms with Crippen molar-refractivity contribution >= 4 is 0 Å². The lowest BCUT2D eigenvalue weighted by molar-refractivity contribution is -0.0422. The van der Waals surface area contributed by atoms with Gasteiger partial charge in [-0.05, 0) is 31.6 Å². The fourth-order valence-corrected chi connectivity index (χ4v) is 1.85. The highest BCUT2D eigenvalue weighted by Gasteiger charge is 2.35. The second-order valence-corrected chi connectivity index (χ2v) is 4.11. The van der Waals surface area contributed by atoms with Crippen LogP contribution in [0.4, 0.5) is 0 Å². The van der Waals surface area contributed by atoms with Crippen molar-refractivity contribution < 1.29 is 5.11 Å². The molecular formula is C9H19NO. The fraction of sp³-hybridized carbons (Fsp3) is 1.00. The summed E-state index contributed by atoms with van der Waals surface area (Å²) in [6.07, 6.45) is 3.87. The van der Waals surface area contributed by atoms with Crippen LogP contribution in [0.3, 0.4) is 0 Å². The third-order valence-corrected chi connectivity index (χ3v) is 2.87. The van der Waals surface area contributed by atoms with E-state index in [9.17, 15) is 5.11 Å². The molecule has 66 valence electrons. The second kappa shape index (κ2) is 3.11. The number of nitrogens with two attached hydrogens (primary N) is 1. The largest absolute Gasteiger partial charge is 0.390 e. The average molecular weight is 157 g/mol. The summed E-state index contributed by atoms with van der Waals surface area (Å²) in [7, 11) is 0. The van der Waals surface area contributed by atoms with Crippen LogP contribution < -0.4 is 5.73 Å². The van der Waals surface area contributed by atoms with Crippen molar-refractivity contribution in [2.75, 3.05) is 0 Å². The van der Waals surface area contributed by atoms with Gasteiger partial charge in [-0.2, -0.15) is 0 Å². The Hall–Kier alpha value is -0.0800. The molecule has 0 bridgehead atoms. The van der Waals surface area contributed by atoms with Gasteiger partial charge in [0.2, 0.25) is 0 Å². The Morgan fingerprint density at radius 2 is 2.18 bits per heavy atom. The van der Waals surface area contributed by atoms with Gasteiger partial charge in [0.25, 0.3) is 0 Å². The van der Waals surface area contributed by atoms with E-state index in [1.165, 1.54) is 0 Å². The van der Waals surface area contributed by atoms with Crippen molar-refractivity contribution in [3.63, 3.8) is 0 Å². The van der Waals surface area contributed by atoms with E-state index in [4.69, 9.17) is 5.73 Å². The van der Waals surface area contributed by atoms with Crippen LogP contribution >= 0.6 is 0 Å². The number of rotatable bonds is 1. The van der Waals surface area contributed by atoms with E-state index in [1.54, 1.807) is 0 Å². The SMILES string of the molecule is CC(C)[C@]1(O)CCC[C@@H](N)C1. The van der Waals surface area contributed by atoms with Gasteiger partial charge in [0.05, 0.1) is 5.60 Å². The van der Waals surface area contributed by atoms with Crippen LogP contribution in [0.5, 0.6) is 0 Å². The Bertz CT molecular complexity index is 136. The molecule has 0 spiro atoms. The molecule has 0 aromatic rings. The first-order valence-electron chi connectivity index (χ1n) is 4.52. The Kier molecular flexibility index (Phi) is 2.55. The Balaban J connectivity index is 2.55. The van der Waals surface area contributed by atoms with Crippen molar-refractivity contribution in [1.82, 2.24) is 0 Å². The number of hydrogen-bond acceptors (Lipinski definition) is 2. The second-order valence-electron chi connectivity index (χ2n) is 4.11. The molecule has 0 saturated heterocycles. The van der Waals surface area contributed by atoms with Gasteiger partial charge in [-0.25, -0.2) is 0 Å². The average Bonchev–Trinajstić information content (AvgIpc) is 1.86. The summed E-state index contributed by atoms with van der Waals surface area (Å²) in [5.74, 6) is 0.342. The lowest BCUT2D eigenvalue weighted by atomic mass is 9.75. The van der Waals surface area contributed by atoms with Crippen molar-refractivity contribution in [2.45, 2.75) is 51.2 Å². The highest BCUT2D eigenvalue weighted by atomic mass is 16.3. The molecule has 3 N–H and O–H groups in total. The van der Waals surface area contributed by atoms with E-state index in [1.807, 2.05) is 0 Å². The van der Waals surface area contributed by atoms with Gasteiger partial charge < -0.3 is 10.8 Å². The summed E-state index contributed by atoms with van der Waals surface area (Å²) >= 11 is 0. The highest BCUT2D eigenvalue weighted by Crippen LogP contribution is 2.33. The van der Waals surface area contributed by atoms with E-state index >= 15 is 0 Å². The number of hydrogen-bond donors (Lipinski definition) is 2. The van der Waals surface area contributed by atoms with Gasteiger partial charge >= 0.3 is 0 Å². The Morgan fingerprint density at radius 1 is 1.55 bits per heavy atom. The van der Waals surface area contributed by atoms with Gasteiger partial charge in [0, 0.05) is 6.04 Å². The van der Waals surface area contributed by atoms with Crippen LogP contribution in [0.1, 0.15) is 39.5 Å².